The van der Waals surface area contributed by atoms with Gasteiger partial charge in [0.2, 0.25) is 0 Å². The Bertz CT molecular complexity index is 935. The Hall–Kier alpha value is -3.29. The van der Waals surface area contributed by atoms with E-state index in [-0.39, 0.29) is 24.7 Å². The second kappa shape index (κ2) is 7.08. The number of hydrogen-bond donors (Lipinski definition) is 3. The van der Waals surface area contributed by atoms with Crippen molar-refractivity contribution in [2.24, 2.45) is 0 Å². The molecule has 0 bridgehead atoms. The molecular weight excluding hydrogens is 322 g/mol. The molecule has 2 aromatic heterocycles. The summed E-state index contributed by atoms with van der Waals surface area (Å²) >= 11 is 0. The molecule has 0 unspecified atom stereocenters. The topological polar surface area (TPSA) is 121 Å². The SMILES string of the molecule is CCc1cccc2ccc(C(=O)NCc3nc(CC(=O)O)n[nH]3)nc12. The molecule has 0 atom stereocenters. The molecule has 3 rings (SSSR count). The number of fused-ring (bicyclic) bond motifs is 1. The molecule has 1 aromatic carbocycles. The number of carboxylic acid groups (broad SMARTS) is 1. The maximum absolute atomic E-state index is 12.3. The number of para-hydroxylation sites is 1. The Balaban J connectivity index is 1.72. The van der Waals surface area contributed by atoms with E-state index in [9.17, 15) is 9.59 Å². The van der Waals surface area contributed by atoms with Gasteiger partial charge in [0.15, 0.2) is 5.82 Å². The highest BCUT2D eigenvalue weighted by molar-refractivity contribution is 5.95. The minimum atomic E-state index is -1.01. The van der Waals surface area contributed by atoms with Crippen molar-refractivity contribution in [3.05, 3.63) is 53.2 Å². The van der Waals surface area contributed by atoms with Gasteiger partial charge in [-0.1, -0.05) is 31.2 Å². The first-order valence-electron chi connectivity index (χ1n) is 7.85. The van der Waals surface area contributed by atoms with Gasteiger partial charge >= 0.3 is 5.97 Å². The standard InChI is InChI=1S/C17H17N5O3/c1-2-10-4-3-5-11-6-7-12(19-16(10)11)17(25)18-9-14-20-13(21-22-14)8-15(23)24/h3-7H,2,8-9H2,1H3,(H,18,25)(H,23,24)(H,20,21,22). The van der Waals surface area contributed by atoms with Gasteiger partial charge in [-0.05, 0) is 18.1 Å². The number of carboxylic acids is 1. The highest BCUT2D eigenvalue weighted by Crippen LogP contribution is 2.17. The van der Waals surface area contributed by atoms with Crippen LogP contribution < -0.4 is 5.32 Å². The van der Waals surface area contributed by atoms with Crippen molar-refractivity contribution in [2.75, 3.05) is 0 Å². The van der Waals surface area contributed by atoms with Crippen molar-refractivity contribution in [2.45, 2.75) is 26.3 Å². The summed E-state index contributed by atoms with van der Waals surface area (Å²) in [6.45, 7) is 2.16. The molecule has 0 aliphatic heterocycles. The Morgan fingerprint density at radius 2 is 2.04 bits per heavy atom. The molecule has 3 N–H and O–H groups in total. The van der Waals surface area contributed by atoms with Crippen molar-refractivity contribution in [3.63, 3.8) is 0 Å². The third-order valence-corrected chi connectivity index (χ3v) is 3.72. The van der Waals surface area contributed by atoms with Crippen LogP contribution in [0.5, 0.6) is 0 Å². The van der Waals surface area contributed by atoms with E-state index >= 15 is 0 Å². The van der Waals surface area contributed by atoms with Crippen molar-refractivity contribution < 1.29 is 14.7 Å². The molecule has 8 nitrogen and oxygen atoms in total. The van der Waals surface area contributed by atoms with E-state index < -0.39 is 5.97 Å². The first-order valence-corrected chi connectivity index (χ1v) is 7.85. The second-order valence-corrected chi connectivity index (χ2v) is 5.49. The van der Waals surface area contributed by atoms with Crippen LogP contribution in [-0.4, -0.2) is 37.1 Å². The Kier molecular flexibility index (Phi) is 4.69. The molecule has 0 saturated heterocycles. The number of aryl methyl sites for hydroxylation is 1. The fourth-order valence-electron chi connectivity index (χ4n) is 2.50. The lowest BCUT2D eigenvalue weighted by Gasteiger charge is -2.07. The molecule has 2 heterocycles. The van der Waals surface area contributed by atoms with E-state index in [1.807, 2.05) is 31.2 Å². The molecule has 8 heteroatoms. The number of pyridine rings is 1. The number of rotatable bonds is 6. The number of aromatic nitrogens is 4. The summed E-state index contributed by atoms with van der Waals surface area (Å²) in [4.78, 5) is 31.4. The summed E-state index contributed by atoms with van der Waals surface area (Å²) in [6, 6.07) is 9.47. The normalized spacial score (nSPS) is 10.8. The maximum atomic E-state index is 12.3. The molecule has 25 heavy (non-hydrogen) atoms. The summed E-state index contributed by atoms with van der Waals surface area (Å²) in [5.74, 6) is -0.779. The van der Waals surface area contributed by atoms with Crippen molar-refractivity contribution >= 4 is 22.8 Å². The van der Waals surface area contributed by atoms with Crippen molar-refractivity contribution in [1.29, 1.82) is 0 Å². The highest BCUT2D eigenvalue weighted by atomic mass is 16.4. The molecule has 0 saturated carbocycles. The number of aromatic amines is 1. The smallest absolute Gasteiger partial charge is 0.311 e. The third kappa shape index (κ3) is 3.79. The molecular formula is C17H17N5O3. The van der Waals surface area contributed by atoms with E-state index in [0.717, 1.165) is 22.9 Å². The number of nitrogens with zero attached hydrogens (tertiary/aromatic N) is 3. The van der Waals surface area contributed by atoms with E-state index in [1.165, 1.54) is 0 Å². The van der Waals surface area contributed by atoms with Crippen LogP contribution in [0, 0.1) is 0 Å². The van der Waals surface area contributed by atoms with E-state index in [2.05, 4.69) is 25.5 Å². The number of hydrogen-bond acceptors (Lipinski definition) is 5. The van der Waals surface area contributed by atoms with Crippen LogP contribution in [0.2, 0.25) is 0 Å². The summed E-state index contributed by atoms with van der Waals surface area (Å²) in [6.07, 6.45) is 0.566. The van der Waals surface area contributed by atoms with Gasteiger partial charge in [-0.3, -0.25) is 14.7 Å². The zero-order valence-electron chi connectivity index (χ0n) is 13.6. The fourth-order valence-corrected chi connectivity index (χ4v) is 2.50. The van der Waals surface area contributed by atoms with E-state index in [1.54, 1.807) is 6.07 Å². The number of H-pyrrole nitrogens is 1. The number of nitrogens with one attached hydrogen (secondary N) is 2. The van der Waals surface area contributed by atoms with Gasteiger partial charge in [0.25, 0.3) is 5.91 Å². The van der Waals surface area contributed by atoms with Crippen LogP contribution in [0.4, 0.5) is 0 Å². The molecule has 0 fully saturated rings. The molecule has 3 aromatic rings. The third-order valence-electron chi connectivity index (χ3n) is 3.72. The summed E-state index contributed by atoms with van der Waals surface area (Å²) < 4.78 is 0. The first-order chi connectivity index (χ1) is 12.1. The van der Waals surface area contributed by atoms with Crippen LogP contribution in [0.15, 0.2) is 30.3 Å². The Labute approximate surface area is 143 Å². The molecule has 0 spiro atoms. The number of aliphatic carboxylic acids is 1. The minimum absolute atomic E-state index is 0.112. The molecule has 0 radical (unpaired) electrons. The quantitative estimate of drug-likeness (QED) is 0.625. The number of benzene rings is 1. The lowest BCUT2D eigenvalue weighted by atomic mass is 10.1. The number of carbonyl (C=O) groups excluding carboxylic acids is 1. The maximum Gasteiger partial charge on any atom is 0.311 e. The molecule has 1 amide bonds. The van der Waals surface area contributed by atoms with Gasteiger partial charge < -0.3 is 10.4 Å². The van der Waals surface area contributed by atoms with Crippen LogP contribution in [0.25, 0.3) is 10.9 Å². The van der Waals surface area contributed by atoms with E-state index in [0.29, 0.717) is 11.5 Å². The second-order valence-electron chi connectivity index (χ2n) is 5.49. The van der Waals surface area contributed by atoms with Gasteiger partial charge in [0, 0.05) is 5.39 Å². The van der Waals surface area contributed by atoms with Crippen molar-refractivity contribution in [1.82, 2.24) is 25.5 Å². The zero-order chi connectivity index (χ0) is 17.8. The van der Waals surface area contributed by atoms with Crippen LogP contribution in [0.1, 0.15) is 34.6 Å². The Morgan fingerprint density at radius 1 is 1.20 bits per heavy atom. The predicted octanol–water partition coefficient (Wildman–Crippen LogP) is 1.47. The fraction of sp³-hybridized carbons (Fsp3) is 0.235. The van der Waals surface area contributed by atoms with Gasteiger partial charge in [-0.2, -0.15) is 5.10 Å². The average Bonchev–Trinajstić information content (AvgIpc) is 3.05. The molecule has 0 aliphatic carbocycles. The van der Waals surface area contributed by atoms with Crippen LogP contribution in [-0.2, 0) is 24.2 Å². The molecule has 128 valence electrons. The number of carbonyl (C=O) groups is 2. The van der Waals surface area contributed by atoms with Gasteiger partial charge in [-0.15, -0.1) is 0 Å². The van der Waals surface area contributed by atoms with Gasteiger partial charge in [0.05, 0.1) is 12.1 Å². The van der Waals surface area contributed by atoms with Gasteiger partial charge in [-0.25, -0.2) is 9.97 Å². The lowest BCUT2D eigenvalue weighted by molar-refractivity contribution is -0.136. The summed E-state index contributed by atoms with van der Waals surface area (Å²) in [5.41, 5.74) is 2.22. The van der Waals surface area contributed by atoms with Crippen LogP contribution in [0.3, 0.4) is 0 Å². The molecule has 0 aliphatic rings. The first kappa shape index (κ1) is 16.6. The predicted molar refractivity (Wildman–Crippen MR) is 90.0 cm³/mol. The van der Waals surface area contributed by atoms with Crippen LogP contribution >= 0.6 is 0 Å². The average molecular weight is 339 g/mol. The lowest BCUT2D eigenvalue weighted by Crippen LogP contribution is -2.24. The van der Waals surface area contributed by atoms with Crippen molar-refractivity contribution in [3.8, 4) is 0 Å². The largest absolute Gasteiger partial charge is 0.481 e. The Morgan fingerprint density at radius 3 is 2.80 bits per heavy atom. The summed E-state index contributed by atoms with van der Waals surface area (Å²) in [7, 11) is 0. The van der Waals surface area contributed by atoms with E-state index in [4.69, 9.17) is 5.11 Å². The highest BCUT2D eigenvalue weighted by Gasteiger charge is 2.12. The van der Waals surface area contributed by atoms with Gasteiger partial charge in [0.1, 0.15) is 17.9 Å². The minimum Gasteiger partial charge on any atom is -0.481 e. The zero-order valence-corrected chi connectivity index (χ0v) is 13.6. The summed E-state index contributed by atoms with van der Waals surface area (Å²) in [5, 5.41) is 18.8. The number of amides is 1. The monoisotopic (exact) mass is 339 g/mol.